The third kappa shape index (κ3) is 5.41. The van der Waals surface area contributed by atoms with Crippen molar-refractivity contribution in [1.29, 1.82) is 0 Å². The van der Waals surface area contributed by atoms with Gasteiger partial charge >= 0.3 is 6.09 Å². The van der Waals surface area contributed by atoms with Crippen LogP contribution < -0.4 is 4.90 Å². The molecule has 1 aromatic carbocycles. The predicted octanol–water partition coefficient (Wildman–Crippen LogP) is 6.58. The standard InChI is InChI=1S/C25H31ClN4O2S/c1-16(2)17-7-9-18(10-8-17)19-15-33-22-20(19)21(27-23(26)28-22)29-11-6-12-30(14-13-29)24(31)32-25(3,4)5/h7-10,15-16H,6,11-14H2,1-5H3. The van der Waals surface area contributed by atoms with E-state index in [1.807, 2.05) is 20.8 Å². The minimum atomic E-state index is -0.508. The van der Waals surface area contributed by atoms with Gasteiger partial charge in [-0.25, -0.2) is 9.78 Å². The first kappa shape index (κ1) is 23.8. The maximum absolute atomic E-state index is 12.6. The van der Waals surface area contributed by atoms with Crippen LogP contribution in [0.1, 0.15) is 52.5 Å². The monoisotopic (exact) mass is 486 g/mol. The Bertz CT molecular complexity index is 1140. The van der Waals surface area contributed by atoms with Gasteiger partial charge in [-0.05, 0) is 55.8 Å². The molecule has 0 aliphatic carbocycles. The van der Waals surface area contributed by atoms with Crippen molar-refractivity contribution in [2.24, 2.45) is 0 Å². The van der Waals surface area contributed by atoms with Crippen molar-refractivity contribution < 1.29 is 9.53 Å². The highest BCUT2D eigenvalue weighted by Crippen LogP contribution is 2.39. The van der Waals surface area contributed by atoms with Gasteiger partial charge in [0, 0.05) is 37.1 Å². The van der Waals surface area contributed by atoms with Crippen molar-refractivity contribution in [3.63, 3.8) is 0 Å². The quantitative estimate of drug-likeness (QED) is 0.391. The number of hydrogen-bond donors (Lipinski definition) is 0. The molecule has 3 heterocycles. The van der Waals surface area contributed by atoms with Gasteiger partial charge in [0.05, 0.1) is 5.39 Å². The maximum Gasteiger partial charge on any atom is 0.410 e. The summed E-state index contributed by atoms with van der Waals surface area (Å²) in [4.78, 5) is 26.6. The van der Waals surface area contributed by atoms with Crippen LogP contribution in [0.15, 0.2) is 29.6 Å². The van der Waals surface area contributed by atoms with Crippen LogP contribution >= 0.6 is 22.9 Å². The first-order chi connectivity index (χ1) is 15.6. The van der Waals surface area contributed by atoms with Gasteiger partial charge in [0.25, 0.3) is 0 Å². The molecule has 1 amide bonds. The molecule has 0 radical (unpaired) electrons. The SMILES string of the molecule is CC(C)c1ccc(-c2csc3nc(Cl)nc(N4CCCN(C(=O)OC(C)(C)C)CC4)c23)cc1. The van der Waals surface area contributed by atoms with E-state index in [0.29, 0.717) is 25.6 Å². The molecule has 33 heavy (non-hydrogen) atoms. The number of benzene rings is 1. The summed E-state index contributed by atoms with van der Waals surface area (Å²) in [7, 11) is 0. The van der Waals surface area contributed by atoms with Crippen LogP contribution in [0.4, 0.5) is 10.6 Å². The zero-order valence-electron chi connectivity index (χ0n) is 19.9. The largest absolute Gasteiger partial charge is 0.444 e. The molecule has 176 valence electrons. The first-order valence-corrected chi connectivity index (χ1v) is 12.7. The van der Waals surface area contributed by atoms with E-state index >= 15 is 0 Å². The van der Waals surface area contributed by atoms with Crippen molar-refractivity contribution in [2.75, 3.05) is 31.1 Å². The number of hydrogen-bond acceptors (Lipinski definition) is 6. The topological polar surface area (TPSA) is 58.6 Å². The number of ether oxygens (including phenoxy) is 1. The molecule has 0 bridgehead atoms. The van der Waals surface area contributed by atoms with Crippen molar-refractivity contribution >= 4 is 45.1 Å². The Labute approximate surface area is 204 Å². The average Bonchev–Trinajstić information content (AvgIpc) is 3.00. The lowest BCUT2D eigenvalue weighted by atomic mass is 9.99. The molecule has 1 aliphatic rings. The lowest BCUT2D eigenvalue weighted by Gasteiger charge is -2.27. The van der Waals surface area contributed by atoms with E-state index in [0.717, 1.165) is 40.1 Å². The van der Waals surface area contributed by atoms with Crippen LogP contribution in [0.3, 0.4) is 0 Å². The summed E-state index contributed by atoms with van der Waals surface area (Å²) in [5.74, 6) is 1.32. The molecular weight excluding hydrogens is 456 g/mol. The number of aromatic nitrogens is 2. The van der Waals surface area contributed by atoms with Gasteiger partial charge < -0.3 is 14.5 Å². The Balaban J connectivity index is 1.65. The second kappa shape index (κ2) is 9.47. The number of thiophene rings is 1. The Morgan fingerprint density at radius 3 is 2.48 bits per heavy atom. The molecule has 0 saturated carbocycles. The highest BCUT2D eigenvalue weighted by Gasteiger charge is 2.26. The Morgan fingerprint density at radius 2 is 1.82 bits per heavy atom. The zero-order chi connectivity index (χ0) is 23.8. The minimum absolute atomic E-state index is 0.245. The Morgan fingerprint density at radius 1 is 1.09 bits per heavy atom. The number of rotatable bonds is 3. The van der Waals surface area contributed by atoms with Crippen LogP contribution in [0, 0.1) is 0 Å². The summed E-state index contributed by atoms with van der Waals surface area (Å²) in [6, 6.07) is 8.71. The number of amides is 1. The van der Waals surface area contributed by atoms with Crippen molar-refractivity contribution in [2.45, 2.75) is 52.6 Å². The fraction of sp³-hybridized carbons (Fsp3) is 0.480. The van der Waals surface area contributed by atoms with E-state index in [1.165, 1.54) is 5.56 Å². The lowest BCUT2D eigenvalue weighted by molar-refractivity contribution is 0.0263. The summed E-state index contributed by atoms with van der Waals surface area (Å²) >= 11 is 7.90. The molecule has 2 aromatic heterocycles. The minimum Gasteiger partial charge on any atom is -0.444 e. The second-order valence-electron chi connectivity index (χ2n) is 9.73. The normalized spacial score (nSPS) is 15.2. The highest BCUT2D eigenvalue weighted by molar-refractivity contribution is 7.17. The van der Waals surface area contributed by atoms with Gasteiger partial charge in [-0.3, -0.25) is 0 Å². The van der Waals surface area contributed by atoms with Gasteiger partial charge in [0.15, 0.2) is 0 Å². The first-order valence-electron chi connectivity index (χ1n) is 11.4. The van der Waals surface area contributed by atoms with E-state index in [2.05, 4.69) is 58.4 Å². The van der Waals surface area contributed by atoms with Crippen LogP contribution in [-0.2, 0) is 4.74 Å². The van der Waals surface area contributed by atoms with Gasteiger partial charge in [-0.1, -0.05) is 38.1 Å². The van der Waals surface area contributed by atoms with Crippen molar-refractivity contribution in [1.82, 2.24) is 14.9 Å². The molecule has 8 heteroatoms. The van der Waals surface area contributed by atoms with Crippen LogP contribution in [-0.4, -0.2) is 52.7 Å². The lowest BCUT2D eigenvalue weighted by Crippen LogP contribution is -2.39. The fourth-order valence-electron chi connectivity index (χ4n) is 4.03. The van der Waals surface area contributed by atoms with E-state index < -0.39 is 5.60 Å². The number of carbonyl (C=O) groups excluding carboxylic acids is 1. The number of nitrogens with zero attached hydrogens (tertiary/aromatic N) is 4. The van der Waals surface area contributed by atoms with Gasteiger partial charge in [0.1, 0.15) is 16.2 Å². The highest BCUT2D eigenvalue weighted by atomic mass is 35.5. The third-order valence-electron chi connectivity index (χ3n) is 5.72. The number of anilines is 1. The third-order valence-corrected chi connectivity index (χ3v) is 6.76. The van der Waals surface area contributed by atoms with Crippen molar-refractivity contribution in [3.8, 4) is 11.1 Å². The predicted molar refractivity (Wildman–Crippen MR) is 137 cm³/mol. The van der Waals surface area contributed by atoms with Crippen LogP contribution in [0.5, 0.6) is 0 Å². The van der Waals surface area contributed by atoms with E-state index in [-0.39, 0.29) is 11.4 Å². The maximum atomic E-state index is 12.6. The molecule has 1 aliphatic heterocycles. The van der Waals surface area contributed by atoms with Gasteiger partial charge in [0.2, 0.25) is 5.28 Å². The second-order valence-corrected chi connectivity index (χ2v) is 10.9. The number of fused-ring (bicyclic) bond motifs is 1. The average molecular weight is 487 g/mol. The van der Waals surface area contributed by atoms with Crippen molar-refractivity contribution in [3.05, 3.63) is 40.5 Å². The Kier molecular flexibility index (Phi) is 6.82. The van der Waals surface area contributed by atoms with Crippen LogP contribution in [0.25, 0.3) is 21.3 Å². The molecule has 0 atom stereocenters. The molecule has 0 spiro atoms. The Hall–Kier alpha value is -2.38. The number of halogens is 1. The van der Waals surface area contributed by atoms with Gasteiger partial charge in [-0.2, -0.15) is 4.98 Å². The summed E-state index contributed by atoms with van der Waals surface area (Å²) in [5.41, 5.74) is 3.06. The molecule has 0 unspecified atom stereocenters. The molecule has 3 aromatic rings. The molecule has 1 saturated heterocycles. The molecule has 0 N–H and O–H groups in total. The van der Waals surface area contributed by atoms with Crippen LogP contribution in [0.2, 0.25) is 5.28 Å². The summed E-state index contributed by atoms with van der Waals surface area (Å²) in [5, 5.41) is 3.40. The van der Waals surface area contributed by atoms with E-state index in [4.69, 9.17) is 16.3 Å². The molecule has 6 nitrogen and oxygen atoms in total. The van der Waals surface area contributed by atoms with Gasteiger partial charge in [-0.15, -0.1) is 11.3 Å². The summed E-state index contributed by atoms with van der Waals surface area (Å²) < 4.78 is 5.58. The molecule has 4 rings (SSSR count). The van der Waals surface area contributed by atoms with E-state index in [9.17, 15) is 4.79 Å². The molecule has 1 fully saturated rings. The summed E-state index contributed by atoms with van der Waals surface area (Å²) in [6.45, 7) is 12.7. The molecular formula is C25H31ClN4O2S. The van der Waals surface area contributed by atoms with E-state index in [1.54, 1.807) is 16.2 Å². The fourth-order valence-corrected chi connectivity index (χ4v) is 5.18. The number of carbonyl (C=O) groups is 1. The summed E-state index contributed by atoms with van der Waals surface area (Å²) in [6.07, 6.45) is 0.557. The smallest absolute Gasteiger partial charge is 0.410 e. The zero-order valence-corrected chi connectivity index (χ0v) is 21.5.